The Balaban J connectivity index is 1.91. The number of esters is 1. The highest BCUT2D eigenvalue weighted by molar-refractivity contribution is 5.89. The molecule has 0 atom stereocenters. The Kier molecular flexibility index (Phi) is 4.89. The maximum atomic E-state index is 11.4. The van der Waals surface area contributed by atoms with Crippen molar-refractivity contribution >= 4 is 12.0 Å². The van der Waals surface area contributed by atoms with Crippen LogP contribution in [0.15, 0.2) is 54.7 Å². The second-order valence-corrected chi connectivity index (χ2v) is 4.00. The lowest BCUT2D eigenvalue weighted by molar-refractivity contribution is 0.0600. The summed E-state index contributed by atoms with van der Waals surface area (Å²) < 4.78 is 10.1. The van der Waals surface area contributed by atoms with Gasteiger partial charge in [-0.05, 0) is 17.7 Å². The van der Waals surface area contributed by atoms with Gasteiger partial charge in [0.25, 0.3) is 0 Å². The summed E-state index contributed by atoms with van der Waals surface area (Å²) in [5.41, 5.74) is 1.52. The van der Waals surface area contributed by atoms with E-state index < -0.39 is 5.97 Å². The number of pyridine rings is 1. The Hall–Kier alpha value is -2.62. The number of nitrogens with zero attached hydrogens (tertiary/aromatic N) is 1. The summed E-state index contributed by atoms with van der Waals surface area (Å²) in [5, 5.41) is 0. The molecule has 4 heteroatoms. The van der Waals surface area contributed by atoms with E-state index in [1.165, 1.54) is 13.3 Å². The van der Waals surface area contributed by atoms with E-state index in [0.717, 1.165) is 5.56 Å². The summed E-state index contributed by atoms with van der Waals surface area (Å²) >= 11 is 0. The van der Waals surface area contributed by atoms with Crippen molar-refractivity contribution in [3.05, 3.63) is 65.9 Å². The van der Waals surface area contributed by atoms with Crippen LogP contribution in [0.3, 0.4) is 0 Å². The van der Waals surface area contributed by atoms with Crippen LogP contribution < -0.4 is 4.74 Å². The van der Waals surface area contributed by atoms with Crippen LogP contribution in [0.4, 0.5) is 0 Å². The second kappa shape index (κ2) is 7.09. The standard InChI is InChI=1S/C16H15NO3/c1-19-16(18)14-9-10-17-15(12-14)20-11-5-8-13-6-3-2-4-7-13/h2-10,12H,11H2,1H3/b8-5+. The summed E-state index contributed by atoms with van der Waals surface area (Å²) in [6.07, 6.45) is 5.37. The van der Waals surface area contributed by atoms with Gasteiger partial charge in [-0.25, -0.2) is 9.78 Å². The van der Waals surface area contributed by atoms with Crippen LogP contribution in [-0.2, 0) is 4.74 Å². The van der Waals surface area contributed by atoms with Gasteiger partial charge >= 0.3 is 5.97 Å². The van der Waals surface area contributed by atoms with Gasteiger partial charge in [0, 0.05) is 12.3 Å². The summed E-state index contributed by atoms with van der Waals surface area (Å²) in [6, 6.07) is 13.1. The molecule has 0 radical (unpaired) electrons. The number of carbonyl (C=O) groups is 1. The highest BCUT2D eigenvalue weighted by Gasteiger charge is 2.06. The van der Waals surface area contributed by atoms with Crippen molar-refractivity contribution in [1.82, 2.24) is 4.98 Å². The number of methoxy groups -OCH3 is 1. The van der Waals surface area contributed by atoms with Crippen LogP contribution >= 0.6 is 0 Å². The third-order valence-electron chi connectivity index (χ3n) is 2.59. The quantitative estimate of drug-likeness (QED) is 0.783. The topological polar surface area (TPSA) is 48.4 Å². The monoisotopic (exact) mass is 269 g/mol. The molecule has 4 nitrogen and oxygen atoms in total. The van der Waals surface area contributed by atoms with Crippen molar-refractivity contribution in [2.24, 2.45) is 0 Å². The average Bonchev–Trinajstić information content (AvgIpc) is 2.52. The molecular weight excluding hydrogens is 254 g/mol. The predicted octanol–water partition coefficient (Wildman–Crippen LogP) is 2.96. The largest absolute Gasteiger partial charge is 0.473 e. The molecule has 102 valence electrons. The predicted molar refractivity (Wildman–Crippen MR) is 76.5 cm³/mol. The molecule has 1 aromatic heterocycles. The molecule has 1 aromatic carbocycles. The first-order valence-electron chi connectivity index (χ1n) is 6.18. The molecule has 0 saturated carbocycles. The van der Waals surface area contributed by atoms with Crippen molar-refractivity contribution in [3.8, 4) is 5.88 Å². The first-order valence-corrected chi connectivity index (χ1v) is 6.18. The SMILES string of the molecule is COC(=O)c1ccnc(OC/C=C/c2ccccc2)c1. The molecule has 20 heavy (non-hydrogen) atoms. The maximum absolute atomic E-state index is 11.4. The normalized spacial score (nSPS) is 10.4. The van der Waals surface area contributed by atoms with Gasteiger partial charge in [-0.3, -0.25) is 0 Å². The van der Waals surface area contributed by atoms with Crippen molar-refractivity contribution in [2.75, 3.05) is 13.7 Å². The molecule has 0 N–H and O–H groups in total. The lowest BCUT2D eigenvalue weighted by Crippen LogP contribution is -2.03. The number of hydrogen-bond donors (Lipinski definition) is 0. The summed E-state index contributed by atoms with van der Waals surface area (Å²) in [5.74, 6) is -0.0114. The first-order chi connectivity index (χ1) is 9.79. The molecule has 0 fully saturated rings. The Morgan fingerprint density at radius 1 is 1.25 bits per heavy atom. The molecule has 0 aliphatic heterocycles. The zero-order valence-corrected chi connectivity index (χ0v) is 11.2. The van der Waals surface area contributed by atoms with E-state index in [1.54, 1.807) is 12.1 Å². The van der Waals surface area contributed by atoms with Gasteiger partial charge in [0.2, 0.25) is 5.88 Å². The number of benzene rings is 1. The van der Waals surface area contributed by atoms with E-state index >= 15 is 0 Å². The van der Waals surface area contributed by atoms with E-state index in [4.69, 9.17) is 4.74 Å². The lowest BCUT2D eigenvalue weighted by atomic mass is 10.2. The van der Waals surface area contributed by atoms with Gasteiger partial charge in [-0.2, -0.15) is 0 Å². The molecule has 0 saturated heterocycles. The summed E-state index contributed by atoms with van der Waals surface area (Å²) in [6.45, 7) is 0.381. The third kappa shape index (κ3) is 3.95. The Morgan fingerprint density at radius 2 is 2.05 bits per heavy atom. The highest BCUT2D eigenvalue weighted by atomic mass is 16.5. The molecular formula is C16H15NO3. The second-order valence-electron chi connectivity index (χ2n) is 4.00. The van der Waals surface area contributed by atoms with Crippen molar-refractivity contribution < 1.29 is 14.3 Å². The zero-order valence-electron chi connectivity index (χ0n) is 11.2. The van der Waals surface area contributed by atoms with Crippen LogP contribution in [-0.4, -0.2) is 24.7 Å². The van der Waals surface area contributed by atoms with Gasteiger partial charge in [0.1, 0.15) is 6.61 Å². The maximum Gasteiger partial charge on any atom is 0.338 e. The summed E-state index contributed by atoms with van der Waals surface area (Å²) in [4.78, 5) is 15.4. The van der Waals surface area contributed by atoms with E-state index in [2.05, 4.69) is 9.72 Å². The van der Waals surface area contributed by atoms with Gasteiger partial charge in [-0.1, -0.05) is 36.4 Å². The molecule has 2 aromatic rings. The minimum atomic E-state index is -0.405. The van der Waals surface area contributed by atoms with Crippen LogP contribution in [0.25, 0.3) is 6.08 Å². The minimum Gasteiger partial charge on any atom is -0.473 e. The van der Waals surface area contributed by atoms with Gasteiger partial charge in [-0.15, -0.1) is 0 Å². The Bertz CT molecular complexity index is 594. The van der Waals surface area contributed by atoms with Gasteiger partial charge in [0.05, 0.1) is 12.7 Å². The minimum absolute atomic E-state index is 0.381. The first kappa shape index (κ1) is 13.8. The van der Waals surface area contributed by atoms with E-state index in [0.29, 0.717) is 18.1 Å². The number of rotatable bonds is 5. The molecule has 1 heterocycles. The smallest absolute Gasteiger partial charge is 0.338 e. The molecule has 0 unspecified atom stereocenters. The molecule has 0 bridgehead atoms. The van der Waals surface area contributed by atoms with Crippen LogP contribution in [0.5, 0.6) is 5.88 Å². The fourth-order valence-corrected chi connectivity index (χ4v) is 1.62. The Labute approximate surface area is 117 Å². The number of carbonyl (C=O) groups excluding carboxylic acids is 1. The van der Waals surface area contributed by atoms with Crippen molar-refractivity contribution in [2.45, 2.75) is 0 Å². The molecule has 0 aliphatic carbocycles. The Morgan fingerprint density at radius 3 is 2.80 bits per heavy atom. The van der Waals surface area contributed by atoms with E-state index in [9.17, 15) is 4.79 Å². The average molecular weight is 269 g/mol. The third-order valence-corrected chi connectivity index (χ3v) is 2.59. The van der Waals surface area contributed by atoms with Crippen molar-refractivity contribution in [1.29, 1.82) is 0 Å². The zero-order chi connectivity index (χ0) is 14.2. The fraction of sp³-hybridized carbons (Fsp3) is 0.125. The molecule has 0 spiro atoms. The van der Waals surface area contributed by atoms with E-state index in [1.807, 2.05) is 42.5 Å². The fourth-order valence-electron chi connectivity index (χ4n) is 1.62. The van der Waals surface area contributed by atoms with Crippen LogP contribution in [0.2, 0.25) is 0 Å². The van der Waals surface area contributed by atoms with E-state index in [-0.39, 0.29) is 0 Å². The molecule has 0 aliphatic rings. The lowest BCUT2D eigenvalue weighted by Gasteiger charge is -2.03. The molecule has 2 rings (SSSR count). The number of aromatic nitrogens is 1. The van der Waals surface area contributed by atoms with Crippen LogP contribution in [0, 0.1) is 0 Å². The highest BCUT2D eigenvalue weighted by Crippen LogP contribution is 2.10. The molecule has 0 amide bonds. The van der Waals surface area contributed by atoms with Crippen LogP contribution in [0.1, 0.15) is 15.9 Å². The van der Waals surface area contributed by atoms with Gasteiger partial charge in [0.15, 0.2) is 0 Å². The van der Waals surface area contributed by atoms with Gasteiger partial charge < -0.3 is 9.47 Å². The van der Waals surface area contributed by atoms with Crippen molar-refractivity contribution in [3.63, 3.8) is 0 Å². The number of hydrogen-bond acceptors (Lipinski definition) is 4. The summed E-state index contributed by atoms with van der Waals surface area (Å²) in [7, 11) is 1.34. The number of ether oxygens (including phenoxy) is 2.